The van der Waals surface area contributed by atoms with Gasteiger partial charge in [-0.05, 0) is 43.4 Å². The van der Waals surface area contributed by atoms with Gasteiger partial charge in [-0.2, -0.15) is 0 Å². The van der Waals surface area contributed by atoms with E-state index in [0.717, 1.165) is 19.4 Å². The van der Waals surface area contributed by atoms with E-state index in [-0.39, 0.29) is 6.04 Å². The van der Waals surface area contributed by atoms with E-state index in [0.29, 0.717) is 0 Å². The maximum absolute atomic E-state index is 6.05. The van der Waals surface area contributed by atoms with Crippen molar-refractivity contribution in [1.29, 1.82) is 0 Å². The second-order valence-electron chi connectivity index (χ2n) is 4.12. The third-order valence-corrected chi connectivity index (χ3v) is 2.80. The fourth-order valence-electron chi connectivity index (χ4n) is 1.80. The molecule has 0 heterocycles. The molecule has 0 fully saturated rings. The van der Waals surface area contributed by atoms with Crippen molar-refractivity contribution in [2.24, 2.45) is 5.73 Å². The number of rotatable bonds is 5. The number of hydrogen-bond acceptors (Lipinski definition) is 2. The van der Waals surface area contributed by atoms with Crippen LogP contribution in [-0.2, 0) is 11.2 Å². The van der Waals surface area contributed by atoms with Crippen LogP contribution in [0.3, 0.4) is 0 Å². The van der Waals surface area contributed by atoms with Crippen molar-refractivity contribution in [3.05, 3.63) is 34.9 Å². The van der Waals surface area contributed by atoms with Gasteiger partial charge in [0.1, 0.15) is 0 Å². The van der Waals surface area contributed by atoms with Gasteiger partial charge in [-0.1, -0.05) is 18.2 Å². The van der Waals surface area contributed by atoms with Gasteiger partial charge in [0.25, 0.3) is 0 Å². The lowest BCUT2D eigenvalue weighted by Crippen LogP contribution is -2.25. The Bertz CT molecular complexity index is 289. The largest absolute Gasteiger partial charge is 0.385 e. The average Bonchev–Trinajstić information content (AvgIpc) is 2.21. The highest BCUT2D eigenvalue weighted by molar-refractivity contribution is 5.34. The van der Waals surface area contributed by atoms with Gasteiger partial charge >= 0.3 is 0 Å². The van der Waals surface area contributed by atoms with Gasteiger partial charge in [-0.25, -0.2) is 0 Å². The van der Waals surface area contributed by atoms with Crippen LogP contribution < -0.4 is 5.73 Å². The third-order valence-electron chi connectivity index (χ3n) is 2.80. The quantitative estimate of drug-likeness (QED) is 0.803. The Balaban J connectivity index is 2.63. The highest BCUT2D eigenvalue weighted by Crippen LogP contribution is 2.15. The second-order valence-corrected chi connectivity index (χ2v) is 4.12. The summed E-state index contributed by atoms with van der Waals surface area (Å²) in [5, 5.41) is 0. The molecule has 0 bridgehead atoms. The van der Waals surface area contributed by atoms with E-state index in [4.69, 9.17) is 10.5 Å². The van der Waals surface area contributed by atoms with Crippen LogP contribution in [0, 0.1) is 13.8 Å². The van der Waals surface area contributed by atoms with Crippen LogP contribution >= 0.6 is 0 Å². The molecule has 0 aliphatic carbocycles. The third kappa shape index (κ3) is 3.65. The van der Waals surface area contributed by atoms with E-state index in [1.54, 1.807) is 7.11 Å². The summed E-state index contributed by atoms with van der Waals surface area (Å²) in [6.07, 6.45) is 1.87. The Hall–Kier alpha value is -0.860. The molecule has 0 radical (unpaired) electrons. The van der Waals surface area contributed by atoms with E-state index in [9.17, 15) is 0 Å². The molecule has 1 aromatic carbocycles. The number of nitrogens with two attached hydrogens (primary N) is 1. The SMILES string of the molecule is COCCC(N)Cc1c(C)cccc1C. The van der Waals surface area contributed by atoms with Crippen molar-refractivity contribution in [3.63, 3.8) is 0 Å². The maximum atomic E-state index is 6.05. The molecule has 15 heavy (non-hydrogen) atoms. The van der Waals surface area contributed by atoms with Crippen LogP contribution in [0.5, 0.6) is 0 Å². The summed E-state index contributed by atoms with van der Waals surface area (Å²) in [4.78, 5) is 0. The molecule has 1 atom stereocenters. The molecule has 1 rings (SSSR count). The van der Waals surface area contributed by atoms with Crippen molar-refractivity contribution < 1.29 is 4.74 Å². The summed E-state index contributed by atoms with van der Waals surface area (Å²) >= 11 is 0. The predicted octanol–water partition coefficient (Wildman–Crippen LogP) is 2.21. The molecule has 0 spiro atoms. The molecule has 1 aromatic rings. The summed E-state index contributed by atoms with van der Waals surface area (Å²) in [6, 6.07) is 6.58. The zero-order chi connectivity index (χ0) is 11.3. The highest BCUT2D eigenvalue weighted by Gasteiger charge is 2.08. The summed E-state index contributed by atoms with van der Waals surface area (Å²) in [7, 11) is 1.71. The molecular formula is C13H21NO. The lowest BCUT2D eigenvalue weighted by molar-refractivity contribution is 0.188. The van der Waals surface area contributed by atoms with Crippen molar-refractivity contribution in [2.45, 2.75) is 32.7 Å². The zero-order valence-electron chi connectivity index (χ0n) is 9.92. The normalized spacial score (nSPS) is 12.8. The number of hydrogen-bond donors (Lipinski definition) is 1. The van der Waals surface area contributed by atoms with E-state index >= 15 is 0 Å². The molecule has 0 aliphatic rings. The lowest BCUT2D eigenvalue weighted by atomic mass is 9.96. The Kier molecular flexibility index (Phi) is 4.79. The molecule has 2 heteroatoms. The first kappa shape index (κ1) is 12.2. The first-order valence-corrected chi connectivity index (χ1v) is 5.44. The molecule has 0 amide bonds. The minimum absolute atomic E-state index is 0.199. The van der Waals surface area contributed by atoms with E-state index < -0.39 is 0 Å². The Morgan fingerprint density at radius 2 is 1.87 bits per heavy atom. The molecule has 2 N–H and O–H groups in total. The van der Waals surface area contributed by atoms with Crippen LogP contribution in [0.25, 0.3) is 0 Å². The van der Waals surface area contributed by atoms with Crippen LogP contribution in [0.2, 0.25) is 0 Å². The first-order valence-electron chi connectivity index (χ1n) is 5.44. The molecule has 2 nitrogen and oxygen atoms in total. The second kappa shape index (κ2) is 5.89. The van der Waals surface area contributed by atoms with E-state index in [2.05, 4.69) is 32.0 Å². The van der Waals surface area contributed by atoms with E-state index in [1.807, 2.05) is 0 Å². The van der Waals surface area contributed by atoms with Gasteiger partial charge in [0.15, 0.2) is 0 Å². The number of benzene rings is 1. The molecule has 0 aliphatic heterocycles. The molecular weight excluding hydrogens is 186 g/mol. The van der Waals surface area contributed by atoms with Crippen molar-refractivity contribution in [1.82, 2.24) is 0 Å². The molecule has 0 aromatic heterocycles. The molecule has 0 saturated heterocycles. The lowest BCUT2D eigenvalue weighted by Gasteiger charge is -2.15. The van der Waals surface area contributed by atoms with Crippen LogP contribution in [0.15, 0.2) is 18.2 Å². The minimum atomic E-state index is 0.199. The van der Waals surface area contributed by atoms with Crippen LogP contribution in [0.4, 0.5) is 0 Å². The Morgan fingerprint density at radius 1 is 1.27 bits per heavy atom. The maximum Gasteiger partial charge on any atom is 0.0477 e. The molecule has 84 valence electrons. The van der Waals surface area contributed by atoms with Crippen molar-refractivity contribution in [2.75, 3.05) is 13.7 Å². The minimum Gasteiger partial charge on any atom is -0.385 e. The van der Waals surface area contributed by atoms with Crippen molar-refractivity contribution in [3.8, 4) is 0 Å². The van der Waals surface area contributed by atoms with Gasteiger partial charge in [-0.15, -0.1) is 0 Å². The van der Waals surface area contributed by atoms with Gasteiger partial charge < -0.3 is 10.5 Å². The van der Waals surface area contributed by atoms with Crippen LogP contribution in [-0.4, -0.2) is 19.8 Å². The fraction of sp³-hybridized carbons (Fsp3) is 0.538. The van der Waals surface area contributed by atoms with Gasteiger partial charge in [-0.3, -0.25) is 0 Å². The Morgan fingerprint density at radius 3 is 2.40 bits per heavy atom. The van der Waals surface area contributed by atoms with Crippen LogP contribution in [0.1, 0.15) is 23.1 Å². The van der Waals surface area contributed by atoms with Gasteiger partial charge in [0, 0.05) is 19.8 Å². The molecule has 1 unspecified atom stereocenters. The summed E-state index contributed by atoms with van der Waals surface area (Å²) in [5.74, 6) is 0. The van der Waals surface area contributed by atoms with Gasteiger partial charge in [0.05, 0.1) is 0 Å². The summed E-state index contributed by atoms with van der Waals surface area (Å²) < 4.78 is 5.03. The van der Waals surface area contributed by atoms with Gasteiger partial charge in [0.2, 0.25) is 0 Å². The fourth-order valence-corrected chi connectivity index (χ4v) is 1.80. The smallest absolute Gasteiger partial charge is 0.0477 e. The summed E-state index contributed by atoms with van der Waals surface area (Å²) in [6.45, 7) is 5.03. The summed E-state index contributed by atoms with van der Waals surface area (Å²) in [5.41, 5.74) is 10.1. The zero-order valence-corrected chi connectivity index (χ0v) is 9.92. The number of ether oxygens (including phenoxy) is 1. The first-order chi connectivity index (χ1) is 7.15. The average molecular weight is 207 g/mol. The molecule has 0 saturated carbocycles. The highest BCUT2D eigenvalue weighted by atomic mass is 16.5. The monoisotopic (exact) mass is 207 g/mol. The van der Waals surface area contributed by atoms with Crippen molar-refractivity contribution >= 4 is 0 Å². The van der Waals surface area contributed by atoms with E-state index in [1.165, 1.54) is 16.7 Å². The number of aryl methyl sites for hydroxylation is 2. The topological polar surface area (TPSA) is 35.2 Å². The standard InChI is InChI=1S/C13H21NO/c1-10-5-4-6-11(2)13(10)9-12(14)7-8-15-3/h4-6,12H,7-9,14H2,1-3H3. The number of methoxy groups -OCH3 is 1. The predicted molar refractivity (Wildman–Crippen MR) is 64.1 cm³/mol. The Labute approximate surface area is 92.4 Å².